The fraction of sp³-hybridized carbons (Fsp3) is 0.562. The second kappa shape index (κ2) is 6.20. The highest BCUT2D eigenvalue weighted by atomic mass is 16.2. The zero-order valence-electron chi connectivity index (χ0n) is 12.2. The number of amides is 1. The van der Waals surface area contributed by atoms with Crippen molar-refractivity contribution in [1.29, 1.82) is 0 Å². The smallest absolute Gasteiger partial charge is 0.239 e. The molecule has 1 aliphatic heterocycles. The Labute approximate surface area is 116 Å². The second-order valence-electron chi connectivity index (χ2n) is 5.18. The van der Waals surface area contributed by atoms with Crippen LogP contribution in [0.4, 0.5) is 0 Å². The summed E-state index contributed by atoms with van der Waals surface area (Å²) in [5.74, 6) is 0.254. The van der Waals surface area contributed by atoms with Crippen molar-refractivity contribution in [2.45, 2.75) is 39.8 Å². The van der Waals surface area contributed by atoms with Gasteiger partial charge in [0.2, 0.25) is 5.91 Å². The van der Waals surface area contributed by atoms with Crippen molar-refractivity contribution in [1.82, 2.24) is 9.80 Å². The molecular formula is C16H24N2O. The third kappa shape index (κ3) is 2.98. The lowest BCUT2D eigenvalue weighted by Gasteiger charge is -2.35. The van der Waals surface area contributed by atoms with E-state index in [2.05, 4.69) is 29.2 Å². The van der Waals surface area contributed by atoms with Gasteiger partial charge in [0, 0.05) is 26.2 Å². The van der Waals surface area contributed by atoms with Crippen molar-refractivity contribution >= 4 is 5.91 Å². The van der Waals surface area contributed by atoms with Crippen LogP contribution in [0.1, 0.15) is 31.9 Å². The average molecular weight is 260 g/mol. The highest BCUT2D eigenvalue weighted by Gasteiger charge is 2.27. The van der Waals surface area contributed by atoms with Crippen LogP contribution in [0.3, 0.4) is 0 Å². The highest BCUT2D eigenvalue weighted by molar-refractivity contribution is 5.81. The number of hydrogen-bond acceptors (Lipinski definition) is 2. The van der Waals surface area contributed by atoms with Crippen LogP contribution in [0, 0.1) is 0 Å². The molecule has 2 rings (SSSR count). The van der Waals surface area contributed by atoms with E-state index < -0.39 is 0 Å². The van der Waals surface area contributed by atoms with Gasteiger partial charge >= 0.3 is 0 Å². The summed E-state index contributed by atoms with van der Waals surface area (Å²) in [7, 11) is 0. The van der Waals surface area contributed by atoms with Crippen molar-refractivity contribution in [3.05, 3.63) is 35.4 Å². The third-order valence-electron chi connectivity index (χ3n) is 4.14. The number of carbonyl (C=O) groups excluding carboxylic acids is 1. The molecule has 3 heteroatoms. The Kier molecular flexibility index (Phi) is 4.59. The molecular weight excluding hydrogens is 236 g/mol. The molecule has 0 fully saturated rings. The van der Waals surface area contributed by atoms with Crippen LogP contribution < -0.4 is 0 Å². The number of hydrogen-bond donors (Lipinski definition) is 0. The summed E-state index contributed by atoms with van der Waals surface area (Å²) in [6.07, 6.45) is 1.05. The maximum atomic E-state index is 12.4. The summed E-state index contributed by atoms with van der Waals surface area (Å²) in [4.78, 5) is 16.6. The van der Waals surface area contributed by atoms with Gasteiger partial charge in [0.05, 0.1) is 6.04 Å². The van der Waals surface area contributed by atoms with Gasteiger partial charge < -0.3 is 4.90 Å². The van der Waals surface area contributed by atoms with Gasteiger partial charge in [-0.15, -0.1) is 0 Å². The first-order valence-corrected chi connectivity index (χ1v) is 7.27. The van der Waals surface area contributed by atoms with E-state index in [9.17, 15) is 4.79 Å². The fourth-order valence-corrected chi connectivity index (χ4v) is 2.80. The van der Waals surface area contributed by atoms with E-state index in [0.717, 1.165) is 32.6 Å². The summed E-state index contributed by atoms with van der Waals surface area (Å²) >= 11 is 0. The quantitative estimate of drug-likeness (QED) is 0.829. The summed E-state index contributed by atoms with van der Waals surface area (Å²) in [6.45, 7) is 9.58. The Morgan fingerprint density at radius 1 is 1.26 bits per heavy atom. The van der Waals surface area contributed by atoms with Crippen LogP contribution in [0.5, 0.6) is 0 Å². The normalized spacial score (nSPS) is 16.8. The highest BCUT2D eigenvalue weighted by Crippen LogP contribution is 2.20. The Morgan fingerprint density at radius 3 is 2.53 bits per heavy atom. The first-order valence-electron chi connectivity index (χ1n) is 7.27. The Hall–Kier alpha value is -1.35. The molecule has 0 radical (unpaired) electrons. The molecule has 0 aliphatic carbocycles. The Morgan fingerprint density at radius 2 is 1.89 bits per heavy atom. The lowest BCUT2D eigenvalue weighted by atomic mass is 9.98. The van der Waals surface area contributed by atoms with Gasteiger partial charge in [-0.25, -0.2) is 0 Å². The monoisotopic (exact) mass is 260 g/mol. The summed E-state index contributed by atoms with van der Waals surface area (Å²) in [5.41, 5.74) is 2.80. The molecule has 1 aromatic rings. The van der Waals surface area contributed by atoms with Gasteiger partial charge in [-0.1, -0.05) is 24.3 Å². The minimum Gasteiger partial charge on any atom is -0.342 e. The van der Waals surface area contributed by atoms with E-state index in [1.807, 2.05) is 25.7 Å². The van der Waals surface area contributed by atoms with Gasteiger partial charge in [0.1, 0.15) is 0 Å². The van der Waals surface area contributed by atoms with E-state index in [0.29, 0.717) is 0 Å². The van der Waals surface area contributed by atoms with Gasteiger partial charge in [0.15, 0.2) is 0 Å². The standard InChI is InChI=1S/C16H24N2O/c1-4-17(5-2)16(19)13(3)18-11-10-14-8-6-7-9-15(14)12-18/h6-9,13H,4-5,10-12H2,1-3H3. The molecule has 1 unspecified atom stereocenters. The molecule has 0 spiro atoms. The maximum absolute atomic E-state index is 12.4. The van der Waals surface area contributed by atoms with Crippen LogP contribution in [-0.4, -0.2) is 41.4 Å². The molecule has 19 heavy (non-hydrogen) atoms. The zero-order valence-corrected chi connectivity index (χ0v) is 12.2. The molecule has 0 aromatic heterocycles. The van der Waals surface area contributed by atoms with Crippen molar-refractivity contribution in [2.75, 3.05) is 19.6 Å². The predicted octanol–water partition coefficient (Wildman–Crippen LogP) is 2.30. The summed E-state index contributed by atoms with van der Waals surface area (Å²) in [6, 6.07) is 8.53. The van der Waals surface area contributed by atoms with E-state index in [1.165, 1.54) is 11.1 Å². The lowest BCUT2D eigenvalue weighted by molar-refractivity contribution is -0.136. The first-order chi connectivity index (χ1) is 9.17. The van der Waals surface area contributed by atoms with E-state index in [1.54, 1.807) is 0 Å². The Bertz CT molecular complexity index is 440. The van der Waals surface area contributed by atoms with Crippen molar-refractivity contribution in [3.8, 4) is 0 Å². The van der Waals surface area contributed by atoms with Crippen LogP contribution in [0.25, 0.3) is 0 Å². The molecule has 1 aromatic carbocycles. The minimum atomic E-state index is -0.0201. The molecule has 3 nitrogen and oxygen atoms in total. The number of carbonyl (C=O) groups is 1. The molecule has 1 heterocycles. The lowest BCUT2D eigenvalue weighted by Crippen LogP contribution is -2.48. The number of likely N-dealkylation sites (N-methyl/N-ethyl adjacent to an activating group) is 1. The summed E-state index contributed by atoms with van der Waals surface area (Å²) in [5, 5.41) is 0. The molecule has 0 saturated heterocycles. The first kappa shape index (κ1) is 14.1. The van der Waals surface area contributed by atoms with Crippen molar-refractivity contribution in [2.24, 2.45) is 0 Å². The molecule has 1 amide bonds. The minimum absolute atomic E-state index is 0.0201. The maximum Gasteiger partial charge on any atom is 0.239 e. The van der Waals surface area contributed by atoms with E-state index in [4.69, 9.17) is 0 Å². The van der Waals surface area contributed by atoms with Gasteiger partial charge in [-0.05, 0) is 38.3 Å². The predicted molar refractivity (Wildman–Crippen MR) is 77.9 cm³/mol. The van der Waals surface area contributed by atoms with Crippen LogP contribution in [-0.2, 0) is 17.8 Å². The van der Waals surface area contributed by atoms with Crippen LogP contribution >= 0.6 is 0 Å². The average Bonchev–Trinajstić information content (AvgIpc) is 2.47. The number of fused-ring (bicyclic) bond motifs is 1. The molecule has 0 saturated carbocycles. The number of rotatable bonds is 4. The molecule has 0 N–H and O–H groups in total. The molecule has 1 atom stereocenters. The zero-order chi connectivity index (χ0) is 13.8. The topological polar surface area (TPSA) is 23.6 Å². The molecule has 0 bridgehead atoms. The molecule has 1 aliphatic rings. The number of benzene rings is 1. The van der Waals surface area contributed by atoms with Crippen molar-refractivity contribution in [3.63, 3.8) is 0 Å². The summed E-state index contributed by atoms with van der Waals surface area (Å²) < 4.78 is 0. The largest absolute Gasteiger partial charge is 0.342 e. The van der Waals surface area contributed by atoms with Crippen LogP contribution in [0.15, 0.2) is 24.3 Å². The SMILES string of the molecule is CCN(CC)C(=O)C(C)N1CCc2ccccc2C1. The van der Waals surface area contributed by atoms with Gasteiger partial charge in [-0.2, -0.15) is 0 Å². The molecule has 104 valence electrons. The van der Waals surface area contributed by atoms with Crippen LogP contribution in [0.2, 0.25) is 0 Å². The Balaban J connectivity index is 2.06. The van der Waals surface area contributed by atoms with E-state index in [-0.39, 0.29) is 11.9 Å². The van der Waals surface area contributed by atoms with Gasteiger partial charge in [0.25, 0.3) is 0 Å². The van der Waals surface area contributed by atoms with Gasteiger partial charge in [-0.3, -0.25) is 9.69 Å². The fourth-order valence-electron chi connectivity index (χ4n) is 2.80. The third-order valence-corrected chi connectivity index (χ3v) is 4.14. The van der Waals surface area contributed by atoms with Crippen molar-refractivity contribution < 1.29 is 4.79 Å². The number of nitrogens with zero attached hydrogens (tertiary/aromatic N) is 2. The second-order valence-corrected chi connectivity index (χ2v) is 5.18. The van der Waals surface area contributed by atoms with E-state index >= 15 is 0 Å².